The number of allylic oxidation sites excluding steroid dienone is 2. The zero-order valence-electron chi connectivity index (χ0n) is 15.3. The summed E-state index contributed by atoms with van der Waals surface area (Å²) in [5, 5.41) is 0. The Morgan fingerprint density at radius 3 is 2.62 bits per heavy atom. The van der Waals surface area contributed by atoms with E-state index in [1.165, 1.54) is 5.56 Å². The van der Waals surface area contributed by atoms with Crippen LogP contribution in [0.4, 0.5) is 0 Å². The third-order valence-electron chi connectivity index (χ3n) is 5.55. The summed E-state index contributed by atoms with van der Waals surface area (Å²) in [5.74, 6) is 1.45. The van der Waals surface area contributed by atoms with Crippen LogP contribution in [0.15, 0.2) is 60.2 Å². The van der Waals surface area contributed by atoms with Gasteiger partial charge in [-0.25, -0.2) is 0 Å². The minimum Gasteiger partial charge on any atom is -0.497 e. The van der Waals surface area contributed by atoms with Gasteiger partial charge in [0, 0.05) is 24.1 Å². The molecule has 1 aliphatic heterocycles. The highest BCUT2D eigenvalue weighted by molar-refractivity contribution is 6.13. The second-order valence-electron chi connectivity index (χ2n) is 7.32. The molecule has 0 amide bonds. The van der Waals surface area contributed by atoms with E-state index in [9.17, 15) is 4.79 Å². The zero-order valence-corrected chi connectivity index (χ0v) is 15.3. The average molecular weight is 347 g/mol. The van der Waals surface area contributed by atoms with Gasteiger partial charge < -0.3 is 4.74 Å². The molecule has 3 nitrogen and oxygen atoms in total. The molecule has 1 aliphatic carbocycles. The van der Waals surface area contributed by atoms with Crippen LogP contribution in [-0.4, -0.2) is 30.9 Å². The van der Waals surface area contributed by atoms with Gasteiger partial charge in [0.05, 0.1) is 7.11 Å². The summed E-state index contributed by atoms with van der Waals surface area (Å²) in [7, 11) is 1.64. The van der Waals surface area contributed by atoms with Gasteiger partial charge in [0.25, 0.3) is 0 Å². The Morgan fingerprint density at radius 1 is 1.12 bits per heavy atom. The first-order chi connectivity index (χ1) is 12.7. The van der Waals surface area contributed by atoms with Gasteiger partial charge in [0.1, 0.15) is 5.75 Å². The van der Waals surface area contributed by atoms with Gasteiger partial charge in [-0.3, -0.25) is 9.69 Å². The third-order valence-corrected chi connectivity index (χ3v) is 5.55. The van der Waals surface area contributed by atoms with Gasteiger partial charge in [-0.15, -0.1) is 0 Å². The second-order valence-corrected chi connectivity index (χ2v) is 7.32. The van der Waals surface area contributed by atoms with Crippen LogP contribution in [0.25, 0.3) is 0 Å². The first kappa shape index (κ1) is 17.0. The predicted octanol–water partition coefficient (Wildman–Crippen LogP) is 4.27. The maximum atomic E-state index is 12.7. The lowest BCUT2D eigenvalue weighted by Gasteiger charge is -2.30. The fourth-order valence-corrected chi connectivity index (χ4v) is 4.04. The number of ether oxygens (including phenoxy) is 1. The Hall–Kier alpha value is -2.39. The molecule has 4 rings (SSSR count). The molecule has 1 saturated heterocycles. The van der Waals surface area contributed by atoms with Gasteiger partial charge >= 0.3 is 0 Å². The highest BCUT2D eigenvalue weighted by atomic mass is 16.5. The number of piperidine rings is 1. The molecule has 2 aromatic carbocycles. The molecule has 1 fully saturated rings. The maximum Gasteiger partial charge on any atom is 0.189 e. The highest BCUT2D eigenvalue weighted by Crippen LogP contribution is 2.31. The largest absolute Gasteiger partial charge is 0.497 e. The number of nitrogens with zero attached hydrogens (tertiary/aromatic N) is 1. The van der Waals surface area contributed by atoms with Gasteiger partial charge in [-0.05, 0) is 55.1 Å². The monoisotopic (exact) mass is 347 g/mol. The molecule has 0 spiro atoms. The van der Waals surface area contributed by atoms with Crippen LogP contribution < -0.4 is 4.74 Å². The molecule has 0 radical (unpaired) electrons. The fourth-order valence-electron chi connectivity index (χ4n) is 4.04. The number of hydrogen-bond acceptors (Lipinski definition) is 3. The lowest BCUT2D eigenvalue weighted by Crippen LogP contribution is -2.32. The number of fused-ring (bicyclic) bond motifs is 1. The van der Waals surface area contributed by atoms with Crippen LogP contribution in [-0.2, 0) is 13.0 Å². The topological polar surface area (TPSA) is 29.5 Å². The SMILES string of the molecule is COc1ccc2c(c1)C(=O)/C(=C/C1CCN(Cc3ccccc3)CC1)C2. The summed E-state index contributed by atoms with van der Waals surface area (Å²) in [6.07, 6.45) is 5.27. The van der Waals surface area contributed by atoms with E-state index in [0.29, 0.717) is 5.92 Å². The molecule has 134 valence electrons. The summed E-state index contributed by atoms with van der Waals surface area (Å²) in [6, 6.07) is 16.5. The van der Waals surface area contributed by atoms with Crippen molar-refractivity contribution in [2.45, 2.75) is 25.8 Å². The number of methoxy groups -OCH3 is 1. The van der Waals surface area contributed by atoms with Crippen LogP contribution in [0, 0.1) is 5.92 Å². The Kier molecular flexibility index (Phi) is 4.89. The number of carbonyl (C=O) groups is 1. The van der Waals surface area contributed by atoms with Gasteiger partial charge in [0.2, 0.25) is 0 Å². The van der Waals surface area contributed by atoms with E-state index in [0.717, 1.165) is 61.3 Å². The molecule has 0 atom stereocenters. The van der Waals surface area contributed by atoms with Gasteiger partial charge in [-0.1, -0.05) is 42.5 Å². The van der Waals surface area contributed by atoms with Crippen molar-refractivity contribution < 1.29 is 9.53 Å². The Balaban J connectivity index is 1.37. The molecule has 3 heteroatoms. The van der Waals surface area contributed by atoms with Crippen molar-refractivity contribution in [2.24, 2.45) is 5.92 Å². The van der Waals surface area contributed by atoms with Crippen LogP contribution >= 0.6 is 0 Å². The molecule has 0 unspecified atom stereocenters. The number of hydrogen-bond donors (Lipinski definition) is 0. The van der Waals surface area contributed by atoms with E-state index in [1.807, 2.05) is 18.2 Å². The van der Waals surface area contributed by atoms with E-state index in [1.54, 1.807) is 7.11 Å². The minimum absolute atomic E-state index is 0.186. The van der Waals surface area contributed by atoms with E-state index in [4.69, 9.17) is 4.74 Å². The second kappa shape index (κ2) is 7.46. The Morgan fingerprint density at radius 2 is 1.88 bits per heavy atom. The van der Waals surface area contributed by atoms with Crippen LogP contribution in [0.1, 0.15) is 34.3 Å². The summed E-state index contributed by atoms with van der Waals surface area (Å²) in [6.45, 7) is 3.21. The minimum atomic E-state index is 0.186. The van der Waals surface area contributed by atoms with Crippen LogP contribution in [0.2, 0.25) is 0 Å². The molecule has 26 heavy (non-hydrogen) atoms. The summed E-state index contributed by atoms with van der Waals surface area (Å²) in [5.41, 5.74) is 4.29. The van der Waals surface area contributed by atoms with E-state index in [2.05, 4.69) is 41.3 Å². The van der Waals surface area contributed by atoms with Crippen LogP contribution in [0.3, 0.4) is 0 Å². The Bertz CT molecular complexity index is 817. The van der Waals surface area contributed by atoms with E-state index >= 15 is 0 Å². The van der Waals surface area contributed by atoms with Crippen molar-refractivity contribution in [2.75, 3.05) is 20.2 Å². The van der Waals surface area contributed by atoms with Crippen molar-refractivity contribution in [1.82, 2.24) is 4.90 Å². The number of ketones is 1. The lowest BCUT2D eigenvalue weighted by molar-refractivity contribution is 0.103. The Labute approximate surface area is 155 Å². The van der Waals surface area contributed by atoms with Crippen molar-refractivity contribution in [3.05, 3.63) is 76.9 Å². The smallest absolute Gasteiger partial charge is 0.189 e. The summed E-state index contributed by atoms with van der Waals surface area (Å²) in [4.78, 5) is 15.2. The first-order valence-electron chi connectivity index (χ1n) is 9.41. The molecule has 0 aromatic heterocycles. The zero-order chi connectivity index (χ0) is 17.9. The standard InChI is InChI=1S/C23H25NO2/c1-26-21-8-7-19-14-20(23(25)22(19)15-21)13-17-9-11-24(12-10-17)16-18-5-3-2-4-6-18/h2-8,13,15,17H,9-12,14,16H2,1H3/b20-13+. The van der Waals surface area contributed by atoms with E-state index in [-0.39, 0.29) is 5.78 Å². The van der Waals surface area contributed by atoms with Crippen molar-refractivity contribution in [1.29, 1.82) is 0 Å². The number of Topliss-reactive ketones (excluding diaryl/α,β-unsaturated/α-hetero) is 1. The normalized spacial score (nSPS) is 19.7. The molecule has 0 bridgehead atoms. The van der Waals surface area contributed by atoms with Crippen molar-refractivity contribution in [3.63, 3.8) is 0 Å². The third kappa shape index (κ3) is 3.58. The van der Waals surface area contributed by atoms with E-state index < -0.39 is 0 Å². The predicted molar refractivity (Wildman–Crippen MR) is 104 cm³/mol. The fraction of sp³-hybridized carbons (Fsp3) is 0.348. The molecule has 2 aliphatic rings. The molecule has 1 heterocycles. The van der Waals surface area contributed by atoms with Gasteiger partial charge in [-0.2, -0.15) is 0 Å². The molecule has 2 aromatic rings. The number of benzene rings is 2. The first-order valence-corrected chi connectivity index (χ1v) is 9.41. The summed E-state index contributed by atoms with van der Waals surface area (Å²) >= 11 is 0. The molecule has 0 saturated carbocycles. The highest BCUT2D eigenvalue weighted by Gasteiger charge is 2.27. The maximum absolute atomic E-state index is 12.7. The van der Waals surface area contributed by atoms with Crippen molar-refractivity contribution >= 4 is 5.78 Å². The molecular formula is C23H25NO2. The molecule has 0 N–H and O–H groups in total. The number of rotatable bonds is 4. The number of likely N-dealkylation sites (tertiary alicyclic amines) is 1. The summed E-state index contributed by atoms with van der Waals surface area (Å²) < 4.78 is 5.26. The quantitative estimate of drug-likeness (QED) is 0.774. The number of carbonyl (C=O) groups excluding carboxylic acids is 1. The van der Waals surface area contributed by atoms with Crippen molar-refractivity contribution in [3.8, 4) is 5.75 Å². The van der Waals surface area contributed by atoms with Crippen LogP contribution in [0.5, 0.6) is 5.75 Å². The lowest BCUT2D eigenvalue weighted by atomic mass is 9.93. The molecular weight excluding hydrogens is 322 g/mol. The van der Waals surface area contributed by atoms with Gasteiger partial charge in [0.15, 0.2) is 5.78 Å². The average Bonchev–Trinajstić information content (AvgIpc) is 2.99.